The van der Waals surface area contributed by atoms with E-state index in [0.29, 0.717) is 24.6 Å². The van der Waals surface area contributed by atoms with Gasteiger partial charge in [0.15, 0.2) is 5.58 Å². The second kappa shape index (κ2) is 8.33. The molecule has 7 heteroatoms. The molecule has 2 aromatic carbocycles. The number of urea groups is 1. The van der Waals surface area contributed by atoms with Crippen molar-refractivity contribution in [3.05, 3.63) is 53.1 Å². The third-order valence-electron chi connectivity index (χ3n) is 5.07. The summed E-state index contributed by atoms with van der Waals surface area (Å²) in [5.41, 5.74) is 3.66. The molecule has 3 aromatic rings. The van der Waals surface area contributed by atoms with Crippen LogP contribution in [0.2, 0.25) is 5.02 Å². The van der Waals surface area contributed by atoms with Crippen LogP contribution in [0.4, 0.5) is 16.5 Å². The van der Waals surface area contributed by atoms with Crippen molar-refractivity contribution in [3.63, 3.8) is 0 Å². The third kappa shape index (κ3) is 4.48. The first kappa shape index (κ1) is 19.6. The van der Waals surface area contributed by atoms with E-state index in [1.807, 2.05) is 42.5 Å². The zero-order chi connectivity index (χ0) is 20.4. The molecule has 1 N–H and O–H groups in total. The number of hydrogen-bond donors (Lipinski definition) is 1. The summed E-state index contributed by atoms with van der Waals surface area (Å²) in [7, 11) is 0. The lowest BCUT2D eigenvalue weighted by Crippen LogP contribution is -2.50. The number of rotatable bonds is 4. The predicted octanol–water partition coefficient (Wildman–Crippen LogP) is 5.03. The van der Waals surface area contributed by atoms with Gasteiger partial charge < -0.3 is 14.2 Å². The van der Waals surface area contributed by atoms with Crippen molar-refractivity contribution in [1.82, 2.24) is 9.88 Å². The molecule has 1 saturated heterocycles. The molecule has 2 heterocycles. The number of carbonyl (C=O) groups is 1. The van der Waals surface area contributed by atoms with Crippen LogP contribution in [0.25, 0.3) is 11.1 Å². The zero-order valence-corrected chi connectivity index (χ0v) is 17.4. The number of carbonyl (C=O) groups excluding carboxylic acids is 1. The monoisotopic (exact) mass is 412 g/mol. The van der Waals surface area contributed by atoms with Crippen LogP contribution in [0.3, 0.4) is 0 Å². The number of aromatic nitrogens is 1. The van der Waals surface area contributed by atoms with Crippen molar-refractivity contribution in [2.75, 3.05) is 36.4 Å². The first-order chi connectivity index (χ1) is 14.0. The second-order valence-corrected chi connectivity index (χ2v) is 8.18. The summed E-state index contributed by atoms with van der Waals surface area (Å²) in [4.78, 5) is 21.0. The van der Waals surface area contributed by atoms with Gasteiger partial charge in [-0.15, -0.1) is 0 Å². The first-order valence-electron chi connectivity index (χ1n) is 9.94. The van der Waals surface area contributed by atoms with Crippen molar-refractivity contribution in [1.29, 1.82) is 0 Å². The molecule has 152 valence electrons. The zero-order valence-electron chi connectivity index (χ0n) is 16.7. The number of halogens is 1. The van der Waals surface area contributed by atoms with E-state index in [2.05, 4.69) is 29.0 Å². The van der Waals surface area contributed by atoms with E-state index in [1.165, 1.54) is 5.56 Å². The van der Waals surface area contributed by atoms with Gasteiger partial charge in [-0.1, -0.05) is 43.6 Å². The van der Waals surface area contributed by atoms with Gasteiger partial charge in [-0.05, 0) is 42.2 Å². The molecular weight excluding hydrogens is 388 g/mol. The van der Waals surface area contributed by atoms with E-state index < -0.39 is 0 Å². The van der Waals surface area contributed by atoms with E-state index >= 15 is 0 Å². The highest BCUT2D eigenvalue weighted by atomic mass is 35.5. The van der Waals surface area contributed by atoms with Crippen molar-refractivity contribution < 1.29 is 9.21 Å². The average Bonchev–Trinajstić information content (AvgIpc) is 3.09. The minimum Gasteiger partial charge on any atom is -0.423 e. The van der Waals surface area contributed by atoms with Gasteiger partial charge in [-0.2, -0.15) is 4.98 Å². The van der Waals surface area contributed by atoms with Crippen LogP contribution in [-0.4, -0.2) is 42.1 Å². The van der Waals surface area contributed by atoms with Crippen molar-refractivity contribution in [3.8, 4) is 0 Å². The average molecular weight is 413 g/mol. The molecule has 0 aliphatic carbocycles. The van der Waals surface area contributed by atoms with Crippen LogP contribution < -0.4 is 10.2 Å². The van der Waals surface area contributed by atoms with E-state index in [0.717, 1.165) is 35.7 Å². The molecule has 1 aromatic heterocycles. The van der Waals surface area contributed by atoms with Gasteiger partial charge in [0, 0.05) is 26.2 Å². The quantitative estimate of drug-likeness (QED) is 0.652. The topological polar surface area (TPSA) is 61.6 Å². The molecule has 0 atom stereocenters. The Labute approximate surface area is 175 Å². The molecule has 0 spiro atoms. The van der Waals surface area contributed by atoms with Gasteiger partial charge in [0.25, 0.3) is 0 Å². The Balaban J connectivity index is 1.38. The summed E-state index contributed by atoms with van der Waals surface area (Å²) in [6.45, 7) is 7.03. The Bertz CT molecular complexity index is 1010. The van der Waals surface area contributed by atoms with E-state index in [9.17, 15) is 4.79 Å². The minimum absolute atomic E-state index is 0.197. The van der Waals surface area contributed by atoms with Crippen LogP contribution in [0.15, 0.2) is 46.9 Å². The largest absolute Gasteiger partial charge is 0.423 e. The van der Waals surface area contributed by atoms with Crippen molar-refractivity contribution >= 4 is 40.4 Å². The van der Waals surface area contributed by atoms with Gasteiger partial charge in [0.2, 0.25) is 0 Å². The summed E-state index contributed by atoms with van der Waals surface area (Å²) in [6, 6.07) is 13.8. The molecule has 1 aliphatic rings. The minimum atomic E-state index is -0.197. The van der Waals surface area contributed by atoms with Crippen LogP contribution in [0.1, 0.15) is 19.4 Å². The highest BCUT2D eigenvalue weighted by Gasteiger charge is 2.23. The number of fused-ring (bicyclic) bond motifs is 1. The number of oxazole rings is 1. The van der Waals surface area contributed by atoms with Gasteiger partial charge in [-0.25, -0.2) is 4.79 Å². The molecule has 29 heavy (non-hydrogen) atoms. The molecule has 0 radical (unpaired) electrons. The fourth-order valence-electron chi connectivity index (χ4n) is 3.65. The Morgan fingerprint density at radius 2 is 1.93 bits per heavy atom. The highest BCUT2D eigenvalue weighted by molar-refractivity contribution is 6.33. The molecule has 1 aliphatic heterocycles. The third-order valence-corrected chi connectivity index (χ3v) is 5.39. The smallest absolute Gasteiger partial charge is 0.325 e. The normalized spacial score (nSPS) is 14.6. The number of nitrogens with one attached hydrogen (secondary N) is 1. The number of amides is 2. The molecule has 6 nitrogen and oxygen atoms in total. The lowest BCUT2D eigenvalue weighted by atomic mass is 10.0. The maximum absolute atomic E-state index is 12.6. The fraction of sp³-hybridized carbons (Fsp3) is 0.364. The van der Waals surface area contributed by atoms with Gasteiger partial charge in [-0.3, -0.25) is 5.32 Å². The fourth-order valence-corrected chi connectivity index (χ4v) is 3.91. The summed E-state index contributed by atoms with van der Waals surface area (Å²) in [5.74, 6) is 0.572. The Hall–Kier alpha value is -2.73. The van der Waals surface area contributed by atoms with Crippen LogP contribution >= 0.6 is 11.6 Å². The van der Waals surface area contributed by atoms with Gasteiger partial charge in [0.1, 0.15) is 5.52 Å². The Morgan fingerprint density at radius 3 is 2.66 bits per heavy atom. The maximum Gasteiger partial charge on any atom is 0.325 e. The number of piperazine rings is 1. The van der Waals surface area contributed by atoms with E-state index in [1.54, 1.807) is 4.90 Å². The second-order valence-electron chi connectivity index (χ2n) is 7.77. The lowest BCUT2D eigenvalue weighted by molar-refractivity contribution is 0.207. The number of nitrogens with zero attached hydrogens (tertiary/aromatic N) is 3. The first-order valence-corrected chi connectivity index (χ1v) is 10.3. The molecule has 1 fully saturated rings. The summed E-state index contributed by atoms with van der Waals surface area (Å²) in [5, 5.41) is 3.52. The lowest BCUT2D eigenvalue weighted by Gasteiger charge is -2.36. The standard InChI is InChI=1S/C22H25ClN4O2/c1-15(2)13-16-7-8-20-18(14-16)24-21(29-20)25-22(28)27-11-9-26(10-12-27)19-6-4-3-5-17(19)23/h3-8,14-15H,9-13H2,1-2H3,(H,24,25,28). The molecule has 4 rings (SSSR count). The van der Waals surface area contributed by atoms with Crippen molar-refractivity contribution in [2.45, 2.75) is 20.3 Å². The van der Waals surface area contributed by atoms with Gasteiger partial charge >= 0.3 is 12.0 Å². The summed E-state index contributed by atoms with van der Waals surface area (Å²) in [6.07, 6.45) is 0.986. The highest BCUT2D eigenvalue weighted by Crippen LogP contribution is 2.26. The van der Waals surface area contributed by atoms with E-state index in [-0.39, 0.29) is 12.0 Å². The van der Waals surface area contributed by atoms with Gasteiger partial charge in [0.05, 0.1) is 10.7 Å². The van der Waals surface area contributed by atoms with Crippen molar-refractivity contribution in [2.24, 2.45) is 5.92 Å². The summed E-state index contributed by atoms with van der Waals surface area (Å²) >= 11 is 6.29. The SMILES string of the molecule is CC(C)Cc1ccc2oc(NC(=O)N3CCN(c4ccccc4Cl)CC3)nc2c1. The van der Waals surface area contributed by atoms with E-state index in [4.69, 9.17) is 16.0 Å². The number of benzene rings is 2. The van der Waals surface area contributed by atoms with Crippen LogP contribution in [0.5, 0.6) is 0 Å². The molecule has 2 amide bonds. The molecule has 0 saturated carbocycles. The molecular formula is C22H25ClN4O2. The maximum atomic E-state index is 12.6. The predicted molar refractivity (Wildman–Crippen MR) is 117 cm³/mol. The number of hydrogen-bond acceptors (Lipinski definition) is 4. The molecule has 0 bridgehead atoms. The van der Waals surface area contributed by atoms with Crippen LogP contribution in [0, 0.1) is 5.92 Å². The number of para-hydroxylation sites is 1. The summed E-state index contributed by atoms with van der Waals surface area (Å²) < 4.78 is 5.70. The Morgan fingerprint density at radius 1 is 1.17 bits per heavy atom. The van der Waals surface area contributed by atoms with Crippen LogP contribution in [-0.2, 0) is 6.42 Å². The molecule has 0 unspecified atom stereocenters. The Kier molecular flexibility index (Phi) is 5.62. The number of anilines is 2.